The van der Waals surface area contributed by atoms with Crippen molar-refractivity contribution in [2.24, 2.45) is 11.8 Å². The number of nitro groups is 1. The van der Waals surface area contributed by atoms with E-state index in [1.807, 2.05) is 6.92 Å². The number of sulfonamides is 1. The Labute approximate surface area is 151 Å². The molecule has 2 aliphatic rings. The van der Waals surface area contributed by atoms with E-state index in [1.165, 1.54) is 23.5 Å². The molecular formula is C16H21N3O6S. The van der Waals surface area contributed by atoms with Gasteiger partial charge in [0.1, 0.15) is 0 Å². The van der Waals surface area contributed by atoms with E-state index in [9.17, 15) is 23.3 Å². The minimum Gasteiger partial charge on any atom is -0.490 e. The fourth-order valence-corrected chi connectivity index (χ4v) is 4.61. The number of amides is 1. The van der Waals surface area contributed by atoms with Crippen molar-refractivity contribution in [3.8, 4) is 5.75 Å². The third kappa shape index (κ3) is 3.38. The molecule has 2 atom stereocenters. The summed E-state index contributed by atoms with van der Waals surface area (Å²) in [4.78, 5) is 24.3. The maximum absolute atomic E-state index is 12.8. The molecule has 1 aromatic rings. The first-order valence-electron chi connectivity index (χ1n) is 8.37. The third-order valence-corrected chi connectivity index (χ3v) is 6.86. The standard InChI is InChI=1S/C16H21N3O6S/c1-11-9-13(11)16(20)17-5-7-18(8-6-17)26(23,24)12-3-4-15(25-2)14(10-12)19(21)22/h3-4,10-11,13H,5-9H2,1-2H3/t11-,13-/m0/s1. The number of rotatable bonds is 5. The smallest absolute Gasteiger partial charge is 0.312 e. The van der Waals surface area contributed by atoms with Gasteiger partial charge in [0.15, 0.2) is 5.75 Å². The highest BCUT2D eigenvalue weighted by atomic mass is 32.2. The monoisotopic (exact) mass is 383 g/mol. The summed E-state index contributed by atoms with van der Waals surface area (Å²) < 4.78 is 31.8. The number of methoxy groups -OCH3 is 1. The molecule has 1 aliphatic carbocycles. The van der Waals surface area contributed by atoms with Gasteiger partial charge in [0.2, 0.25) is 15.9 Å². The molecule has 0 bridgehead atoms. The number of benzene rings is 1. The molecule has 1 heterocycles. The van der Waals surface area contributed by atoms with Crippen LogP contribution in [0, 0.1) is 22.0 Å². The van der Waals surface area contributed by atoms with Crippen molar-refractivity contribution in [1.82, 2.24) is 9.21 Å². The molecule has 0 unspecified atom stereocenters. The van der Waals surface area contributed by atoms with Crippen LogP contribution in [0.1, 0.15) is 13.3 Å². The predicted octanol–water partition coefficient (Wildman–Crippen LogP) is 1.09. The van der Waals surface area contributed by atoms with E-state index in [-0.39, 0.29) is 35.6 Å². The topological polar surface area (TPSA) is 110 Å². The Balaban J connectivity index is 1.74. The average Bonchev–Trinajstić information content (AvgIpc) is 3.37. The molecule has 1 saturated heterocycles. The lowest BCUT2D eigenvalue weighted by molar-refractivity contribution is -0.386. The van der Waals surface area contributed by atoms with Crippen molar-refractivity contribution in [3.63, 3.8) is 0 Å². The number of hydrogen-bond donors (Lipinski definition) is 0. The van der Waals surface area contributed by atoms with Crippen molar-refractivity contribution >= 4 is 21.6 Å². The minimum absolute atomic E-state index is 0.00270. The predicted molar refractivity (Wildman–Crippen MR) is 92.3 cm³/mol. The quantitative estimate of drug-likeness (QED) is 0.556. The second-order valence-corrected chi connectivity index (χ2v) is 8.58. The zero-order valence-corrected chi connectivity index (χ0v) is 15.4. The number of piperazine rings is 1. The fraction of sp³-hybridized carbons (Fsp3) is 0.562. The van der Waals surface area contributed by atoms with E-state index in [0.717, 1.165) is 12.5 Å². The number of ether oxygens (including phenoxy) is 1. The van der Waals surface area contributed by atoms with Crippen molar-refractivity contribution in [1.29, 1.82) is 0 Å². The van der Waals surface area contributed by atoms with E-state index in [4.69, 9.17) is 4.74 Å². The molecule has 1 amide bonds. The van der Waals surface area contributed by atoms with Crippen LogP contribution in [0.25, 0.3) is 0 Å². The van der Waals surface area contributed by atoms with Gasteiger partial charge in [0.05, 0.1) is 16.9 Å². The van der Waals surface area contributed by atoms with E-state index in [1.54, 1.807) is 4.90 Å². The number of carbonyl (C=O) groups is 1. The first kappa shape index (κ1) is 18.6. The van der Waals surface area contributed by atoms with Gasteiger partial charge >= 0.3 is 5.69 Å². The van der Waals surface area contributed by atoms with Crippen LogP contribution in [-0.4, -0.2) is 61.7 Å². The molecule has 1 saturated carbocycles. The summed E-state index contributed by atoms with van der Waals surface area (Å²) in [6.45, 7) is 3.04. The zero-order valence-electron chi connectivity index (χ0n) is 14.6. The Morgan fingerprint density at radius 3 is 2.38 bits per heavy atom. The van der Waals surface area contributed by atoms with E-state index >= 15 is 0 Å². The molecule has 0 aromatic heterocycles. The van der Waals surface area contributed by atoms with Gasteiger partial charge in [-0.2, -0.15) is 4.31 Å². The third-order valence-electron chi connectivity index (χ3n) is 4.96. The number of nitro benzene ring substituents is 1. The normalized spacial score (nSPS) is 23.5. The van der Waals surface area contributed by atoms with Crippen LogP contribution in [0.5, 0.6) is 5.75 Å². The lowest BCUT2D eigenvalue weighted by Gasteiger charge is -2.34. The summed E-state index contributed by atoms with van der Waals surface area (Å²) in [5, 5.41) is 11.1. The highest BCUT2D eigenvalue weighted by molar-refractivity contribution is 7.89. The molecule has 0 N–H and O–H groups in total. The Hall–Kier alpha value is -2.20. The largest absolute Gasteiger partial charge is 0.490 e. The van der Waals surface area contributed by atoms with Gasteiger partial charge in [0.25, 0.3) is 0 Å². The van der Waals surface area contributed by atoms with Gasteiger partial charge in [0, 0.05) is 38.2 Å². The van der Waals surface area contributed by atoms with Crippen LogP contribution in [0.2, 0.25) is 0 Å². The fourth-order valence-electron chi connectivity index (χ4n) is 3.17. The summed E-state index contributed by atoms with van der Waals surface area (Å²) >= 11 is 0. The van der Waals surface area contributed by atoms with Crippen molar-refractivity contribution in [3.05, 3.63) is 28.3 Å². The number of hydrogen-bond acceptors (Lipinski definition) is 6. The molecular weight excluding hydrogens is 362 g/mol. The first-order chi connectivity index (χ1) is 12.3. The van der Waals surface area contributed by atoms with Gasteiger partial charge in [-0.3, -0.25) is 14.9 Å². The molecule has 3 rings (SSSR count). The molecule has 2 fully saturated rings. The maximum Gasteiger partial charge on any atom is 0.312 e. The Bertz CT molecular complexity index is 832. The number of nitrogens with zero attached hydrogens (tertiary/aromatic N) is 3. The van der Waals surface area contributed by atoms with Crippen LogP contribution in [0.15, 0.2) is 23.1 Å². The highest BCUT2D eigenvalue weighted by Crippen LogP contribution is 2.39. The average molecular weight is 383 g/mol. The summed E-state index contributed by atoms with van der Waals surface area (Å²) in [5.74, 6) is 0.573. The lowest BCUT2D eigenvalue weighted by atomic mass is 10.2. The second kappa shape index (κ2) is 6.84. The van der Waals surface area contributed by atoms with Crippen molar-refractivity contribution < 1.29 is 22.9 Å². The number of carbonyl (C=O) groups excluding carboxylic acids is 1. The van der Waals surface area contributed by atoms with Crippen LogP contribution in [0.4, 0.5) is 5.69 Å². The lowest BCUT2D eigenvalue weighted by Crippen LogP contribution is -2.51. The van der Waals surface area contributed by atoms with Crippen LogP contribution < -0.4 is 4.74 Å². The zero-order chi connectivity index (χ0) is 19.1. The summed E-state index contributed by atoms with van der Waals surface area (Å²) in [6.07, 6.45) is 0.896. The van der Waals surface area contributed by atoms with E-state index in [2.05, 4.69) is 0 Å². The summed E-state index contributed by atoms with van der Waals surface area (Å²) in [6, 6.07) is 3.58. The summed E-state index contributed by atoms with van der Waals surface area (Å²) in [7, 11) is -2.59. The highest BCUT2D eigenvalue weighted by Gasteiger charge is 2.42. The molecule has 1 aromatic carbocycles. The van der Waals surface area contributed by atoms with Crippen molar-refractivity contribution in [2.75, 3.05) is 33.3 Å². The molecule has 0 spiro atoms. The molecule has 0 radical (unpaired) electrons. The van der Waals surface area contributed by atoms with Gasteiger partial charge in [-0.05, 0) is 24.5 Å². The summed E-state index contributed by atoms with van der Waals surface area (Å²) in [5.41, 5.74) is -0.398. The van der Waals surface area contributed by atoms with Crippen LogP contribution in [0.3, 0.4) is 0 Å². The van der Waals surface area contributed by atoms with Gasteiger partial charge in [-0.25, -0.2) is 8.42 Å². The van der Waals surface area contributed by atoms with Gasteiger partial charge < -0.3 is 9.64 Å². The Kier molecular flexibility index (Phi) is 4.89. The molecule has 142 valence electrons. The molecule has 1 aliphatic heterocycles. The minimum atomic E-state index is -3.87. The van der Waals surface area contributed by atoms with E-state index < -0.39 is 20.6 Å². The maximum atomic E-state index is 12.8. The first-order valence-corrected chi connectivity index (χ1v) is 9.81. The van der Waals surface area contributed by atoms with Crippen molar-refractivity contribution in [2.45, 2.75) is 18.2 Å². The molecule has 26 heavy (non-hydrogen) atoms. The molecule has 10 heteroatoms. The SMILES string of the molecule is COc1ccc(S(=O)(=O)N2CCN(C(=O)[C@H]3C[C@@H]3C)CC2)cc1[N+](=O)[O-]. The molecule has 9 nitrogen and oxygen atoms in total. The van der Waals surface area contributed by atoms with Gasteiger partial charge in [-0.1, -0.05) is 6.92 Å². The Morgan fingerprint density at radius 2 is 1.88 bits per heavy atom. The van der Waals surface area contributed by atoms with Crippen LogP contribution in [-0.2, 0) is 14.8 Å². The Morgan fingerprint density at radius 1 is 1.27 bits per heavy atom. The van der Waals surface area contributed by atoms with E-state index in [0.29, 0.717) is 19.0 Å². The van der Waals surface area contributed by atoms with Gasteiger partial charge in [-0.15, -0.1) is 0 Å². The second-order valence-electron chi connectivity index (χ2n) is 6.64. The van der Waals surface area contributed by atoms with Crippen LogP contribution >= 0.6 is 0 Å².